The van der Waals surface area contributed by atoms with Crippen molar-refractivity contribution in [1.82, 2.24) is 9.55 Å². The maximum absolute atomic E-state index is 5.30. The van der Waals surface area contributed by atoms with Crippen LogP contribution in [0.2, 0.25) is 0 Å². The van der Waals surface area contributed by atoms with Crippen LogP contribution in [-0.2, 0) is 17.9 Å². The topological polar surface area (TPSA) is 27.1 Å². The number of ether oxygens (including phenoxy) is 1. The van der Waals surface area contributed by atoms with Crippen LogP contribution in [0.15, 0.2) is 54.6 Å². The molecule has 0 saturated heterocycles. The molecule has 3 rings (SSSR count). The number of hydrogen-bond donors (Lipinski definition) is 0. The summed E-state index contributed by atoms with van der Waals surface area (Å²) >= 11 is 0. The molecule has 96 valence electrons. The summed E-state index contributed by atoms with van der Waals surface area (Å²) in [6, 6.07) is 18.5. The van der Waals surface area contributed by atoms with Gasteiger partial charge in [-0.2, -0.15) is 0 Å². The number of imidazole rings is 1. The van der Waals surface area contributed by atoms with Gasteiger partial charge in [0.2, 0.25) is 0 Å². The highest BCUT2D eigenvalue weighted by Gasteiger charge is 2.10. The van der Waals surface area contributed by atoms with Crippen LogP contribution >= 0.6 is 0 Å². The lowest BCUT2D eigenvalue weighted by atomic mass is 10.1. The van der Waals surface area contributed by atoms with Crippen molar-refractivity contribution < 1.29 is 4.74 Å². The highest BCUT2D eigenvalue weighted by molar-refractivity contribution is 5.75. The first-order valence-corrected chi connectivity index (χ1v) is 6.35. The van der Waals surface area contributed by atoms with Crippen LogP contribution in [-0.4, -0.2) is 16.7 Å². The fraction of sp³-hybridized carbons (Fsp3) is 0.188. The summed E-state index contributed by atoms with van der Waals surface area (Å²) in [4.78, 5) is 4.71. The molecule has 0 unspecified atom stereocenters. The summed E-state index contributed by atoms with van der Waals surface area (Å²) in [7, 11) is 1.71. The van der Waals surface area contributed by atoms with E-state index >= 15 is 0 Å². The van der Waals surface area contributed by atoms with Crippen LogP contribution in [0.5, 0.6) is 0 Å². The predicted octanol–water partition coefficient (Wildman–Crippen LogP) is 3.23. The molecule has 3 heteroatoms. The first-order valence-electron chi connectivity index (χ1n) is 6.35. The van der Waals surface area contributed by atoms with E-state index in [0.29, 0.717) is 6.73 Å². The van der Waals surface area contributed by atoms with Crippen molar-refractivity contribution in [2.75, 3.05) is 7.11 Å². The Labute approximate surface area is 112 Å². The van der Waals surface area contributed by atoms with Gasteiger partial charge < -0.3 is 9.30 Å². The molecular weight excluding hydrogens is 236 g/mol. The standard InChI is InChI=1S/C16H16N2O/c1-19-12-18-15-10-6-5-9-14(15)17-16(18)11-13-7-3-2-4-8-13/h2-10H,11-12H2,1H3. The zero-order valence-electron chi connectivity index (χ0n) is 10.9. The van der Waals surface area contributed by atoms with Gasteiger partial charge in [0.1, 0.15) is 12.6 Å². The number of fused-ring (bicyclic) bond motifs is 1. The van der Waals surface area contributed by atoms with E-state index in [0.717, 1.165) is 23.3 Å². The van der Waals surface area contributed by atoms with Crippen molar-refractivity contribution in [1.29, 1.82) is 0 Å². The molecule has 0 aliphatic carbocycles. The van der Waals surface area contributed by atoms with Crippen molar-refractivity contribution in [3.63, 3.8) is 0 Å². The van der Waals surface area contributed by atoms with Gasteiger partial charge in [0, 0.05) is 13.5 Å². The Balaban J connectivity index is 2.04. The Kier molecular flexibility index (Phi) is 3.29. The molecule has 3 aromatic rings. The van der Waals surface area contributed by atoms with E-state index in [4.69, 9.17) is 9.72 Å². The van der Waals surface area contributed by atoms with Gasteiger partial charge in [-0.1, -0.05) is 42.5 Å². The maximum Gasteiger partial charge on any atom is 0.124 e. The molecule has 0 bridgehead atoms. The molecule has 0 aliphatic heterocycles. The molecule has 0 atom stereocenters. The van der Waals surface area contributed by atoms with Gasteiger partial charge in [0.15, 0.2) is 0 Å². The zero-order chi connectivity index (χ0) is 13.1. The maximum atomic E-state index is 5.30. The Morgan fingerprint density at radius 3 is 2.53 bits per heavy atom. The third-order valence-electron chi connectivity index (χ3n) is 3.20. The number of nitrogens with zero attached hydrogens (tertiary/aromatic N) is 2. The molecular formula is C16H16N2O. The smallest absolute Gasteiger partial charge is 0.124 e. The first kappa shape index (κ1) is 11.9. The fourth-order valence-electron chi connectivity index (χ4n) is 2.31. The van der Waals surface area contributed by atoms with Crippen LogP contribution in [0.25, 0.3) is 11.0 Å². The SMILES string of the molecule is COCn1c(Cc2ccccc2)nc2ccccc21. The first-order chi connectivity index (χ1) is 9.38. The Hall–Kier alpha value is -2.13. The van der Waals surface area contributed by atoms with Crippen molar-refractivity contribution in [2.45, 2.75) is 13.2 Å². The minimum Gasteiger partial charge on any atom is -0.364 e. The number of methoxy groups -OCH3 is 1. The average molecular weight is 252 g/mol. The predicted molar refractivity (Wildman–Crippen MR) is 76.0 cm³/mol. The second kappa shape index (κ2) is 5.24. The summed E-state index contributed by atoms with van der Waals surface area (Å²) in [6.45, 7) is 0.530. The minimum atomic E-state index is 0.530. The highest BCUT2D eigenvalue weighted by atomic mass is 16.5. The molecule has 19 heavy (non-hydrogen) atoms. The minimum absolute atomic E-state index is 0.530. The molecule has 0 fully saturated rings. The van der Waals surface area contributed by atoms with Gasteiger partial charge in [-0.3, -0.25) is 0 Å². The van der Waals surface area contributed by atoms with Gasteiger partial charge in [-0.05, 0) is 17.7 Å². The Bertz CT molecular complexity index is 674. The third-order valence-corrected chi connectivity index (χ3v) is 3.20. The molecule has 1 aromatic heterocycles. The summed E-state index contributed by atoms with van der Waals surface area (Å²) in [5.41, 5.74) is 3.40. The lowest BCUT2D eigenvalue weighted by Crippen LogP contribution is -2.06. The van der Waals surface area contributed by atoms with Crippen LogP contribution in [0.1, 0.15) is 11.4 Å². The second-order valence-corrected chi connectivity index (χ2v) is 4.52. The lowest BCUT2D eigenvalue weighted by molar-refractivity contribution is 0.132. The molecule has 1 heterocycles. The average Bonchev–Trinajstić information content (AvgIpc) is 2.79. The molecule has 0 spiro atoms. The van der Waals surface area contributed by atoms with E-state index in [1.54, 1.807) is 7.11 Å². The molecule has 0 amide bonds. The van der Waals surface area contributed by atoms with Crippen LogP contribution in [0.4, 0.5) is 0 Å². The van der Waals surface area contributed by atoms with Crippen molar-refractivity contribution >= 4 is 11.0 Å². The second-order valence-electron chi connectivity index (χ2n) is 4.52. The van der Waals surface area contributed by atoms with E-state index in [9.17, 15) is 0 Å². The van der Waals surface area contributed by atoms with E-state index < -0.39 is 0 Å². The highest BCUT2D eigenvalue weighted by Crippen LogP contribution is 2.18. The van der Waals surface area contributed by atoms with Gasteiger partial charge in [0.25, 0.3) is 0 Å². The lowest BCUT2D eigenvalue weighted by Gasteiger charge is -2.07. The molecule has 0 radical (unpaired) electrons. The van der Waals surface area contributed by atoms with Crippen molar-refractivity contribution in [3.05, 3.63) is 66.0 Å². The van der Waals surface area contributed by atoms with Crippen LogP contribution in [0.3, 0.4) is 0 Å². The Morgan fingerprint density at radius 1 is 1.00 bits per heavy atom. The van der Waals surface area contributed by atoms with Gasteiger partial charge >= 0.3 is 0 Å². The van der Waals surface area contributed by atoms with Gasteiger partial charge in [-0.15, -0.1) is 0 Å². The van der Waals surface area contributed by atoms with Crippen LogP contribution in [0, 0.1) is 0 Å². The number of rotatable bonds is 4. The Morgan fingerprint density at radius 2 is 1.74 bits per heavy atom. The van der Waals surface area contributed by atoms with E-state index in [-0.39, 0.29) is 0 Å². The fourth-order valence-corrected chi connectivity index (χ4v) is 2.31. The van der Waals surface area contributed by atoms with Crippen molar-refractivity contribution in [3.8, 4) is 0 Å². The molecule has 0 saturated carbocycles. The van der Waals surface area contributed by atoms with Gasteiger partial charge in [-0.25, -0.2) is 4.98 Å². The summed E-state index contributed by atoms with van der Waals surface area (Å²) in [5, 5.41) is 0. The van der Waals surface area contributed by atoms with Crippen LogP contribution < -0.4 is 0 Å². The number of benzene rings is 2. The summed E-state index contributed by atoms with van der Waals surface area (Å²) < 4.78 is 7.42. The van der Waals surface area contributed by atoms with E-state index in [1.165, 1.54) is 5.56 Å². The number of para-hydroxylation sites is 2. The quantitative estimate of drug-likeness (QED) is 0.712. The largest absolute Gasteiger partial charge is 0.364 e. The normalized spacial score (nSPS) is 11.0. The summed E-state index contributed by atoms with van der Waals surface area (Å²) in [5.74, 6) is 1.04. The number of aromatic nitrogens is 2. The zero-order valence-corrected chi connectivity index (χ0v) is 10.9. The van der Waals surface area contributed by atoms with Gasteiger partial charge in [0.05, 0.1) is 11.0 Å². The molecule has 2 aromatic carbocycles. The van der Waals surface area contributed by atoms with Crippen molar-refractivity contribution in [2.24, 2.45) is 0 Å². The monoisotopic (exact) mass is 252 g/mol. The third kappa shape index (κ3) is 2.37. The summed E-state index contributed by atoms with van der Waals surface area (Å²) in [6.07, 6.45) is 0.818. The molecule has 3 nitrogen and oxygen atoms in total. The molecule has 0 N–H and O–H groups in total. The molecule has 0 aliphatic rings. The number of hydrogen-bond acceptors (Lipinski definition) is 2. The van der Waals surface area contributed by atoms with E-state index in [2.05, 4.69) is 34.9 Å². The van der Waals surface area contributed by atoms with E-state index in [1.807, 2.05) is 24.3 Å².